The Balaban J connectivity index is 2.12. The second-order valence-electron chi connectivity index (χ2n) is 6.99. The monoisotopic (exact) mass is 332 g/mol. The smallest absolute Gasteiger partial charge is 0.226 e. The number of hydrogen-bond acceptors (Lipinski definition) is 3. The molecule has 0 aliphatic heterocycles. The summed E-state index contributed by atoms with van der Waals surface area (Å²) in [5, 5.41) is 3.23. The van der Waals surface area contributed by atoms with Crippen LogP contribution in [0.3, 0.4) is 0 Å². The zero-order valence-corrected chi connectivity index (χ0v) is 15.6. The van der Waals surface area contributed by atoms with E-state index in [4.69, 9.17) is 4.74 Å². The Morgan fingerprint density at radius 3 is 2.54 bits per heavy atom. The van der Waals surface area contributed by atoms with Crippen molar-refractivity contribution in [3.8, 4) is 5.75 Å². The Labute approximate surface area is 146 Å². The van der Waals surface area contributed by atoms with Crippen LogP contribution >= 0.6 is 0 Å². The highest BCUT2D eigenvalue weighted by atomic mass is 16.5. The van der Waals surface area contributed by atoms with Gasteiger partial charge in [-0.2, -0.15) is 0 Å². The molecule has 1 N–H and O–H groups in total. The van der Waals surface area contributed by atoms with Crippen molar-refractivity contribution in [3.63, 3.8) is 0 Å². The third-order valence-corrected chi connectivity index (χ3v) is 5.44. The molecule has 2 rings (SSSR count). The van der Waals surface area contributed by atoms with E-state index in [9.17, 15) is 4.79 Å². The zero-order valence-electron chi connectivity index (χ0n) is 15.6. The molecule has 1 aromatic rings. The molecule has 1 atom stereocenters. The van der Waals surface area contributed by atoms with E-state index < -0.39 is 0 Å². The van der Waals surface area contributed by atoms with Crippen LogP contribution in [0.15, 0.2) is 24.3 Å². The summed E-state index contributed by atoms with van der Waals surface area (Å²) in [6.45, 7) is 8.97. The van der Waals surface area contributed by atoms with E-state index in [0.29, 0.717) is 6.54 Å². The number of nitrogens with one attached hydrogen (secondary N) is 1. The largest absolute Gasteiger partial charge is 0.497 e. The minimum absolute atomic E-state index is 0.170. The van der Waals surface area contributed by atoms with Crippen molar-refractivity contribution in [2.75, 3.05) is 26.7 Å². The van der Waals surface area contributed by atoms with E-state index in [2.05, 4.69) is 43.1 Å². The van der Waals surface area contributed by atoms with Crippen molar-refractivity contribution < 1.29 is 9.53 Å². The summed E-state index contributed by atoms with van der Waals surface area (Å²) in [7, 11) is 1.69. The van der Waals surface area contributed by atoms with Crippen LogP contribution in [0.2, 0.25) is 0 Å². The molecule has 1 fully saturated rings. The summed E-state index contributed by atoms with van der Waals surface area (Å²) < 4.78 is 5.37. The van der Waals surface area contributed by atoms with E-state index in [0.717, 1.165) is 31.7 Å². The molecular formula is C20H32N2O2. The predicted octanol–water partition coefficient (Wildman–Crippen LogP) is 3.77. The molecule has 1 aliphatic carbocycles. The van der Waals surface area contributed by atoms with Crippen molar-refractivity contribution in [2.45, 2.75) is 52.5 Å². The van der Waals surface area contributed by atoms with Crippen LogP contribution in [0.1, 0.15) is 58.1 Å². The van der Waals surface area contributed by atoms with Gasteiger partial charge >= 0.3 is 0 Å². The van der Waals surface area contributed by atoms with E-state index >= 15 is 0 Å². The van der Waals surface area contributed by atoms with Gasteiger partial charge in [-0.25, -0.2) is 0 Å². The minimum atomic E-state index is -0.178. The van der Waals surface area contributed by atoms with Crippen LogP contribution in [0.5, 0.6) is 5.75 Å². The number of rotatable bonds is 8. The van der Waals surface area contributed by atoms with Crippen LogP contribution in [-0.2, 0) is 4.79 Å². The average molecular weight is 332 g/mol. The number of carbonyl (C=O) groups excluding carboxylic acids is 1. The fourth-order valence-corrected chi connectivity index (χ4v) is 3.76. The molecule has 4 nitrogen and oxygen atoms in total. The van der Waals surface area contributed by atoms with Crippen molar-refractivity contribution in [2.24, 2.45) is 5.41 Å². The fraction of sp³-hybridized carbons (Fsp3) is 0.650. The summed E-state index contributed by atoms with van der Waals surface area (Å²) in [6, 6.07) is 8.34. The van der Waals surface area contributed by atoms with Gasteiger partial charge in [0.25, 0.3) is 0 Å². The second-order valence-corrected chi connectivity index (χ2v) is 6.99. The SMILES string of the molecule is CCN(CC)C(CNC(=O)C1(C)CCCC1)c1cccc(OC)c1. The molecule has 1 saturated carbocycles. The van der Waals surface area contributed by atoms with Gasteiger partial charge in [0.15, 0.2) is 0 Å². The third kappa shape index (κ3) is 4.29. The lowest BCUT2D eigenvalue weighted by molar-refractivity contribution is -0.130. The molecule has 4 heteroatoms. The Morgan fingerprint density at radius 2 is 1.96 bits per heavy atom. The lowest BCUT2D eigenvalue weighted by Crippen LogP contribution is -2.43. The highest BCUT2D eigenvalue weighted by Crippen LogP contribution is 2.37. The molecular weight excluding hydrogens is 300 g/mol. The quantitative estimate of drug-likeness (QED) is 0.788. The highest BCUT2D eigenvalue weighted by molar-refractivity contribution is 5.82. The van der Waals surface area contributed by atoms with Gasteiger partial charge in [-0.1, -0.05) is 45.7 Å². The van der Waals surface area contributed by atoms with E-state index in [1.165, 1.54) is 18.4 Å². The summed E-state index contributed by atoms with van der Waals surface area (Å²) in [4.78, 5) is 15.1. The highest BCUT2D eigenvalue weighted by Gasteiger charge is 2.36. The Hall–Kier alpha value is -1.55. The molecule has 0 saturated heterocycles. The zero-order chi connectivity index (χ0) is 17.6. The van der Waals surface area contributed by atoms with E-state index in [-0.39, 0.29) is 17.4 Å². The minimum Gasteiger partial charge on any atom is -0.497 e. The standard InChI is InChI=1S/C20H32N2O2/c1-5-22(6-2)18(16-10-9-11-17(14-16)24-4)15-21-19(23)20(3)12-7-8-13-20/h9-11,14,18H,5-8,12-13,15H2,1-4H3,(H,21,23). The van der Waals surface area contributed by atoms with Crippen LogP contribution in [0.25, 0.3) is 0 Å². The topological polar surface area (TPSA) is 41.6 Å². The van der Waals surface area contributed by atoms with Gasteiger partial charge in [0, 0.05) is 12.0 Å². The maximum atomic E-state index is 12.7. The maximum Gasteiger partial charge on any atom is 0.226 e. The van der Waals surface area contributed by atoms with Gasteiger partial charge in [-0.3, -0.25) is 9.69 Å². The van der Waals surface area contributed by atoms with Crippen molar-refractivity contribution >= 4 is 5.91 Å². The number of benzene rings is 1. The second kappa shape index (κ2) is 8.52. The van der Waals surface area contributed by atoms with Gasteiger partial charge in [-0.15, -0.1) is 0 Å². The summed E-state index contributed by atoms with van der Waals surface area (Å²) in [6.07, 6.45) is 4.35. The Kier molecular flexibility index (Phi) is 6.67. The predicted molar refractivity (Wildman–Crippen MR) is 98.2 cm³/mol. The number of amides is 1. The summed E-state index contributed by atoms with van der Waals surface area (Å²) in [5.41, 5.74) is 1.01. The van der Waals surface area contributed by atoms with Crippen molar-refractivity contribution in [1.29, 1.82) is 0 Å². The molecule has 0 aromatic heterocycles. The van der Waals surface area contributed by atoms with Crippen molar-refractivity contribution in [3.05, 3.63) is 29.8 Å². The molecule has 24 heavy (non-hydrogen) atoms. The number of nitrogens with zero attached hydrogens (tertiary/aromatic N) is 1. The third-order valence-electron chi connectivity index (χ3n) is 5.44. The number of hydrogen-bond donors (Lipinski definition) is 1. The first kappa shape index (κ1) is 18.8. The molecule has 134 valence electrons. The van der Waals surface area contributed by atoms with Crippen LogP contribution in [0, 0.1) is 5.41 Å². The van der Waals surface area contributed by atoms with Gasteiger partial charge in [0.1, 0.15) is 5.75 Å². The summed E-state index contributed by atoms with van der Waals surface area (Å²) in [5.74, 6) is 1.07. The molecule has 0 bridgehead atoms. The molecule has 1 aromatic carbocycles. The molecule has 0 spiro atoms. The van der Waals surface area contributed by atoms with Gasteiger partial charge < -0.3 is 10.1 Å². The van der Waals surface area contributed by atoms with Gasteiger partial charge in [0.2, 0.25) is 5.91 Å². The van der Waals surface area contributed by atoms with Crippen LogP contribution in [0.4, 0.5) is 0 Å². The number of likely N-dealkylation sites (N-methyl/N-ethyl adjacent to an activating group) is 1. The first-order valence-electron chi connectivity index (χ1n) is 9.20. The first-order valence-corrected chi connectivity index (χ1v) is 9.20. The molecule has 1 aliphatic rings. The number of carbonyl (C=O) groups is 1. The molecule has 0 heterocycles. The molecule has 1 unspecified atom stereocenters. The number of ether oxygens (including phenoxy) is 1. The van der Waals surface area contributed by atoms with E-state index in [1.54, 1.807) is 7.11 Å². The lowest BCUT2D eigenvalue weighted by atomic mass is 9.87. The Morgan fingerprint density at radius 1 is 1.29 bits per heavy atom. The average Bonchev–Trinajstić information content (AvgIpc) is 3.06. The lowest BCUT2D eigenvalue weighted by Gasteiger charge is -2.32. The van der Waals surface area contributed by atoms with E-state index in [1.807, 2.05) is 12.1 Å². The number of methoxy groups -OCH3 is 1. The summed E-state index contributed by atoms with van der Waals surface area (Å²) >= 11 is 0. The molecule has 0 radical (unpaired) electrons. The normalized spacial score (nSPS) is 17.7. The first-order chi connectivity index (χ1) is 11.5. The van der Waals surface area contributed by atoms with Crippen LogP contribution in [-0.4, -0.2) is 37.6 Å². The Bertz CT molecular complexity index is 534. The van der Waals surface area contributed by atoms with Crippen LogP contribution < -0.4 is 10.1 Å². The van der Waals surface area contributed by atoms with Crippen molar-refractivity contribution in [1.82, 2.24) is 10.2 Å². The maximum absolute atomic E-state index is 12.7. The van der Waals surface area contributed by atoms with Gasteiger partial charge in [0.05, 0.1) is 13.2 Å². The van der Waals surface area contributed by atoms with Gasteiger partial charge in [-0.05, 0) is 43.6 Å². The fourth-order valence-electron chi connectivity index (χ4n) is 3.76. The molecule has 1 amide bonds.